The number of hydrogen-bond donors (Lipinski definition) is 0. The van der Waals surface area contributed by atoms with Crippen molar-refractivity contribution in [3.8, 4) is 0 Å². The van der Waals surface area contributed by atoms with E-state index in [2.05, 4.69) is 18.7 Å². The van der Waals surface area contributed by atoms with Crippen molar-refractivity contribution in [3.63, 3.8) is 0 Å². The van der Waals surface area contributed by atoms with Gasteiger partial charge in [-0.25, -0.2) is 0 Å². The molecule has 0 aromatic heterocycles. The summed E-state index contributed by atoms with van der Waals surface area (Å²) in [6, 6.07) is 0.981. The summed E-state index contributed by atoms with van der Waals surface area (Å²) in [6.45, 7) is 7.52. The maximum Gasteiger partial charge on any atom is 0.00966 e. The average molecular weight is 153 g/mol. The average Bonchev–Trinajstić information content (AvgIpc) is 2.65. The molecule has 0 atom stereocenters. The minimum Gasteiger partial charge on any atom is -0.300 e. The normalized spacial score (nSPS) is 32.2. The van der Waals surface area contributed by atoms with Gasteiger partial charge in [-0.05, 0) is 37.6 Å². The lowest BCUT2D eigenvalue weighted by molar-refractivity contribution is 0.111. The van der Waals surface area contributed by atoms with Gasteiger partial charge in [0, 0.05) is 12.6 Å². The van der Waals surface area contributed by atoms with Gasteiger partial charge in [-0.15, -0.1) is 0 Å². The van der Waals surface area contributed by atoms with Gasteiger partial charge in [-0.2, -0.15) is 0 Å². The number of piperidine rings is 1. The number of rotatable bonds is 1. The molecule has 0 radical (unpaired) electrons. The fraction of sp³-hybridized carbons (Fsp3) is 1.00. The van der Waals surface area contributed by atoms with Crippen LogP contribution in [0.2, 0.25) is 0 Å². The predicted molar refractivity (Wildman–Crippen MR) is 47.6 cm³/mol. The first kappa shape index (κ1) is 7.60. The lowest BCUT2D eigenvalue weighted by Gasteiger charge is -2.38. The molecule has 1 nitrogen and oxygen atoms in total. The summed E-state index contributed by atoms with van der Waals surface area (Å²) in [5, 5.41) is 0. The van der Waals surface area contributed by atoms with Crippen molar-refractivity contribution in [2.45, 2.75) is 45.6 Å². The van der Waals surface area contributed by atoms with Crippen LogP contribution in [0.5, 0.6) is 0 Å². The summed E-state index contributed by atoms with van der Waals surface area (Å²) >= 11 is 0. The number of nitrogens with zero attached hydrogens (tertiary/aromatic N) is 1. The SMILES string of the molecule is CC1(C)CCCN(C2CC2)C1. The van der Waals surface area contributed by atoms with Gasteiger partial charge in [0.25, 0.3) is 0 Å². The van der Waals surface area contributed by atoms with Crippen LogP contribution in [0.3, 0.4) is 0 Å². The number of likely N-dealkylation sites (tertiary alicyclic amines) is 1. The van der Waals surface area contributed by atoms with E-state index >= 15 is 0 Å². The quantitative estimate of drug-likeness (QED) is 0.558. The lowest BCUT2D eigenvalue weighted by atomic mass is 9.84. The number of hydrogen-bond acceptors (Lipinski definition) is 1. The summed E-state index contributed by atoms with van der Waals surface area (Å²) < 4.78 is 0. The first-order valence-corrected chi connectivity index (χ1v) is 4.91. The maximum absolute atomic E-state index is 2.70. The fourth-order valence-corrected chi connectivity index (χ4v) is 2.22. The highest BCUT2D eigenvalue weighted by Gasteiger charge is 2.35. The van der Waals surface area contributed by atoms with Crippen molar-refractivity contribution in [2.24, 2.45) is 5.41 Å². The second-order valence-electron chi connectivity index (χ2n) is 4.97. The third kappa shape index (κ3) is 1.76. The zero-order valence-corrected chi connectivity index (χ0v) is 7.77. The molecule has 0 N–H and O–H groups in total. The van der Waals surface area contributed by atoms with Crippen molar-refractivity contribution in [1.82, 2.24) is 4.90 Å². The monoisotopic (exact) mass is 153 g/mol. The van der Waals surface area contributed by atoms with Crippen LogP contribution in [0.25, 0.3) is 0 Å². The third-order valence-electron chi connectivity index (χ3n) is 2.99. The Kier molecular flexibility index (Phi) is 1.71. The summed E-state index contributed by atoms with van der Waals surface area (Å²) in [7, 11) is 0. The molecular formula is C10H19N. The molecule has 0 unspecified atom stereocenters. The second kappa shape index (κ2) is 2.48. The molecule has 1 heterocycles. The highest BCUT2D eigenvalue weighted by Crippen LogP contribution is 2.35. The third-order valence-corrected chi connectivity index (χ3v) is 2.99. The predicted octanol–water partition coefficient (Wildman–Crippen LogP) is 2.27. The van der Waals surface area contributed by atoms with Gasteiger partial charge in [0.1, 0.15) is 0 Å². The molecule has 2 fully saturated rings. The topological polar surface area (TPSA) is 3.24 Å². The van der Waals surface area contributed by atoms with Crippen LogP contribution in [0.4, 0.5) is 0 Å². The Morgan fingerprint density at radius 2 is 2.00 bits per heavy atom. The van der Waals surface area contributed by atoms with E-state index in [1.54, 1.807) is 0 Å². The zero-order chi connectivity index (χ0) is 7.90. The van der Waals surface area contributed by atoms with E-state index in [1.807, 2.05) is 0 Å². The Morgan fingerprint density at radius 3 is 2.55 bits per heavy atom. The summed E-state index contributed by atoms with van der Waals surface area (Å²) in [4.78, 5) is 2.70. The van der Waals surface area contributed by atoms with Crippen molar-refractivity contribution in [3.05, 3.63) is 0 Å². The molecule has 11 heavy (non-hydrogen) atoms. The molecule has 0 bridgehead atoms. The van der Waals surface area contributed by atoms with Crippen LogP contribution in [0, 0.1) is 5.41 Å². The van der Waals surface area contributed by atoms with Gasteiger partial charge in [-0.1, -0.05) is 13.8 Å². The van der Waals surface area contributed by atoms with Gasteiger partial charge in [0.2, 0.25) is 0 Å². The lowest BCUT2D eigenvalue weighted by Crippen LogP contribution is -2.41. The van der Waals surface area contributed by atoms with E-state index in [1.165, 1.54) is 38.8 Å². The van der Waals surface area contributed by atoms with Crippen LogP contribution in [0.1, 0.15) is 39.5 Å². The van der Waals surface area contributed by atoms with Gasteiger partial charge in [0.05, 0.1) is 0 Å². The van der Waals surface area contributed by atoms with Crippen LogP contribution in [-0.4, -0.2) is 24.0 Å². The zero-order valence-electron chi connectivity index (χ0n) is 7.77. The van der Waals surface area contributed by atoms with Crippen LogP contribution in [0.15, 0.2) is 0 Å². The second-order valence-corrected chi connectivity index (χ2v) is 4.97. The van der Waals surface area contributed by atoms with Crippen molar-refractivity contribution >= 4 is 0 Å². The molecule has 1 aliphatic heterocycles. The maximum atomic E-state index is 2.70. The minimum absolute atomic E-state index is 0.598. The van der Waals surface area contributed by atoms with E-state index in [0.717, 1.165) is 6.04 Å². The fourth-order valence-electron chi connectivity index (χ4n) is 2.22. The van der Waals surface area contributed by atoms with E-state index in [9.17, 15) is 0 Å². The van der Waals surface area contributed by atoms with Gasteiger partial charge >= 0.3 is 0 Å². The molecule has 1 saturated carbocycles. The Morgan fingerprint density at radius 1 is 1.27 bits per heavy atom. The highest BCUT2D eigenvalue weighted by atomic mass is 15.2. The van der Waals surface area contributed by atoms with E-state index in [4.69, 9.17) is 0 Å². The van der Waals surface area contributed by atoms with Crippen molar-refractivity contribution in [1.29, 1.82) is 0 Å². The standard InChI is InChI=1S/C10H19N/c1-10(2)6-3-7-11(8-10)9-4-5-9/h9H,3-8H2,1-2H3. The first-order valence-electron chi connectivity index (χ1n) is 4.91. The van der Waals surface area contributed by atoms with Gasteiger partial charge < -0.3 is 0 Å². The molecular weight excluding hydrogens is 134 g/mol. The molecule has 64 valence electrons. The molecule has 0 amide bonds. The van der Waals surface area contributed by atoms with Gasteiger partial charge in [-0.3, -0.25) is 4.90 Å². The van der Waals surface area contributed by atoms with Gasteiger partial charge in [0.15, 0.2) is 0 Å². The molecule has 0 aromatic carbocycles. The molecule has 0 aromatic rings. The molecule has 2 rings (SSSR count). The van der Waals surface area contributed by atoms with Crippen molar-refractivity contribution < 1.29 is 0 Å². The molecule has 1 heteroatoms. The molecule has 0 spiro atoms. The summed E-state index contributed by atoms with van der Waals surface area (Å²) in [5.41, 5.74) is 0.598. The Hall–Kier alpha value is -0.0400. The van der Waals surface area contributed by atoms with E-state index in [-0.39, 0.29) is 0 Å². The van der Waals surface area contributed by atoms with E-state index < -0.39 is 0 Å². The Labute approximate surface area is 69.8 Å². The molecule has 1 aliphatic carbocycles. The van der Waals surface area contributed by atoms with E-state index in [0.29, 0.717) is 5.41 Å². The largest absolute Gasteiger partial charge is 0.300 e. The minimum atomic E-state index is 0.598. The Bertz CT molecular complexity index is 147. The van der Waals surface area contributed by atoms with Crippen LogP contribution < -0.4 is 0 Å². The Balaban J connectivity index is 1.92. The molecule has 2 aliphatic rings. The smallest absolute Gasteiger partial charge is 0.00966 e. The van der Waals surface area contributed by atoms with Crippen LogP contribution >= 0.6 is 0 Å². The summed E-state index contributed by atoms with van der Waals surface area (Å²) in [5.74, 6) is 0. The highest BCUT2D eigenvalue weighted by molar-refractivity contribution is 4.90. The van der Waals surface area contributed by atoms with Crippen molar-refractivity contribution in [2.75, 3.05) is 13.1 Å². The van der Waals surface area contributed by atoms with Crippen LogP contribution in [-0.2, 0) is 0 Å². The summed E-state index contributed by atoms with van der Waals surface area (Å²) in [6.07, 6.45) is 5.78. The first-order chi connectivity index (χ1) is 5.17. The molecule has 1 saturated heterocycles.